The zero-order valence-electron chi connectivity index (χ0n) is 24.8. The van der Waals surface area contributed by atoms with E-state index in [-0.39, 0.29) is 0 Å². The zero-order chi connectivity index (χ0) is 30.9. The van der Waals surface area contributed by atoms with Crippen LogP contribution in [0.3, 0.4) is 0 Å². The lowest BCUT2D eigenvalue weighted by Gasteiger charge is -2.39. The van der Waals surface area contributed by atoms with E-state index < -0.39 is 72.7 Å². The molecule has 1 amide bonds. The first kappa shape index (κ1) is 37.1. The fraction of sp³-hybridized carbons (Fsp3) is 0.862. The molecule has 0 bridgehead atoms. The number of carbonyl (C=O) groups excluding carboxylic acids is 3. The molecule has 0 saturated carbocycles. The molecule has 1 fully saturated rings. The van der Waals surface area contributed by atoms with E-state index in [9.17, 15) is 39.6 Å². The Hall–Kier alpha value is -1.96. The Morgan fingerprint density at radius 3 is 1.73 bits per heavy atom. The molecule has 1 aliphatic heterocycles. The molecule has 0 aliphatic carbocycles. The molecule has 0 radical (unpaired) electrons. The van der Waals surface area contributed by atoms with Crippen molar-refractivity contribution >= 4 is 23.4 Å². The predicted octanol–water partition coefficient (Wildman–Crippen LogP) is 2.22. The van der Waals surface area contributed by atoms with E-state index in [0.29, 0.717) is 17.9 Å². The number of carboxylic acid groups (broad SMARTS) is 1. The smallest absolute Gasteiger partial charge is 0.407 e. The molecule has 0 aromatic rings. The van der Waals surface area contributed by atoms with Crippen molar-refractivity contribution in [2.75, 3.05) is 20.3 Å². The van der Waals surface area contributed by atoms with Crippen LogP contribution in [-0.2, 0) is 23.9 Å². The average Bonchev–Trinajstić information content (AvgIpc) is 2.96. The predicted molar refractivity (Wildman–Crippen MR) is 149 cm³/mol. The second-order valence-electron chi connectivity index (χ2n) is 11.1. The molecule has 12 heteroatoms. The summed E-state index contributed by atoms with van der Waals surface area (Å²) in [5, 5.41) is 47.6. The minimum Gasteiger partial charge on any atom is -0.465 e. The Morgan fingerprint density at radius 2 is 1.24 bits per heavy atom. The summed E-state index contributed by atoms with van der Waals surface area (Å²) in [6.45, 7) is 2.80. The maximum atomic E-state index is 12.3. The van der Waals surface area contributed by atoms with Gasteiger partial charge in [-0.1, -0.05) is 77.6 Å². The molecule has 2 unspecified atom stereocenters. The number of amides is 1. The van der Waals surface area contributed by atoms with Crippen molar-refractivity contribution in [1.82, 2.24) is 4.90 Å². The molecule has 1 saturated heterocycles. The van der Waals surface area contributed by atoms with Gasteiger partial charge in [0.2, 0.25) is 11.6 Å². The largest absolute Gasteiger partial charge is 0.465 e. The van der Waals surface area contributed by atoms with Crippen LogP contribution in [0, 0.1) is 5.92 Å². The fourth-order valence-corrected chi connectivity index (χ4v) is 4.73. The standard InChI is InChI=1S/C29H51NO11/c1-19(22(32)25(35)23(33)20(2)30(3)29(38)39)16-14-12-10-8-6-4-5-7-9-11-13-15-17-40-28-27(37)26(36)24(34)21(18-31)41-28/h19-21,24,26-28,31,34,36-37H,4-18H2,1-3H3,(H,38,39)/t19?,20?,21-,24-,26+,27+,28-/m1/s1. The monoisotopic (exact) mass is 589 g/mol. The quantitative estimate of drug-likeness (QED) is 0.0707. The average molecular weight is 590 g/mol. The van der Waals surface area contributed by atoms with E-state index in [1.165, 1.54) is 20.4 Å². The second-order valence-corrected chi connectivity index (χ2v) is 11.1. The number of unbranched alkanes of at least 4 members (excludes halogenated alkanes) is 11. The number of rotatable bonds is 22. The van der Waals surface area contributed by atoms with E-state index in [2.05, 4.69) is 0 Å². The summed E-state index contributed by atoms with van der Waals surface area (Å²) in [4.78, 5) is 48.2. The highest BCUT2D eigenvalue weighted by Gasteiger charge is 2.43. The summed E-state index contributed by atoms with van der Waals surface area (Å²) in [7, 11) is 1.19. The molecule has 12 nitrogen and oxygen atoms in total. The number of hydrogen-bond acceptors (Lipinski definition) is 10. The lowest BCUT2D eigenvalue weighted by Crippen LogP contribution is -2.59. The third-order valence-corrected chi connectivity index (χ3v) is 7.82. The van der Waals surface area contributed by atoms with Gasteiger partial charge in [0.15, 0.2) is 6.29 Å². The summed E-state index contributed by atoms with van der Waals surface area (Å²) in [6.07, 6.45) is 5.44. The Bertz CT molecular complexity index is 806. The molecular formula is C29H51NO11. The number of ketones is 3. The van der Waals surface area contributed by atoms with Crippen LogP contribution in [0.5, 0.6) is 0 Å². The van der Waals surface area contributed by atoms with Gasteiger partial charge in [0, 0.05) is 19.6 Å². The molecule has 238 valence electrons. The summed E-state index contributed by atoms with van der Waals surface area (Å²) in [6, 6.07) is -1.19. The summed E-state index contributed by atoms with van der Waals surface area (Å²) >= 11 is 0. The summed E-state index contributed by atoms with van der Waals surface area (Å²) in [5.74, 6) is -3.43. The molecule has 1 rings (SSSR count). The number of likely N-dealkylation sites (N-methyl/N-ethyl adjacent to an activating group) is 1. The van der Waals surface area contributed by atoms with Crippen molar-refractivity contribution in [1.29, 1.82) is 0 Å². The van der Waals surface area contributed by atoms with Crippen LogP contribution in [0.25, 0.3) is 0 Å². The van der Waals surface area contributed by atoms with Crippen LogP contribution in [0.1, 0.15) is 97.3 Å². The van der Waals surface area contributed by atoms with Crippen LogP contribution in [0.2, 0.25) is 0 Å². The van der Waals surface area contributed by atoms with Gasteiger partial charge >= 0.3 is 6.09 Å². The number of hydrogen-bond donors (Lipinski definition) is 5. The van der Waals surface area contributed by atoms with Crippen LogP contribution >= 0.6 is 0 Å². The number of aliphatic hydroxyl groups is 4. The topological polar surface area (TPSA) is 191 Å². The Labute approximate surface area is 243 Å². The van der Waals surface area contributed by atoms with Crippen molar-refractivity contribution in [3.63, 3.8) is 0 Å². The minimum atomic E-state index is -1.42. The first-order valence-electron chi connectivity index (χ1n) is 14.9. The molecule has 1 aliphatic rings. The molecule has 0 aromatic heterocycles. The number of aliphatic hydroxyl groups excluding tert-OH is 4. The third-order valence-electron chi connectivity index (χ3n) is 7.82. The molecule has 5 N–H and O–H groups in total. The highest BCUT2D eigenvalue weighted by atomic mass is 16.7. The Kier molecular flexibility index (Phi) is 18.1. The minimum absolute atomic E-state index is 0.355. The van der Waals surface area contributed by atoms with Crippen molar-refractivity contribution in [3.8, 4) is 0 Å². The summed E-state index contributed by atoms with van der Waals surface area (Å²) < 4.78 is 10.8. The zero-order valence-corrected chi connectivity index (χ0v) is 24.8. The first-order chi connectivity index (χ1) is 19.4. The highest BCUT2D eigenvalue weighted by molar-refractivity contribution is 6.65. The number of Topliss-reactive ketones (excluding diaryl/α,β-unsaturated/α-hetero) is 3. The van der Waals surface area contributed by atoms with E-state index >= 15 is 0 Å². The van der Waals surface area contributed by atoms with Crippen molar-refractivity contribution in [3.05, 3.63) is 0 Å². The van der Waals surface area contributed by atoms with Gasteiger partial charge in [-0.3, -0.25) is 14.4 Å². The maximum absolute atomic E-state index is 12.3. The van der Waals surface area contributed by atoms with E-state index in [4.69, 9.17) is 14.6 Å². The van der Waals surface area contributed by atoms with Crippen molar-refractivity contribution < 1.29 is 54.2 Å². The van der Waals surface area contributed by atoms with Crippen molar-refractivity contribution in [2.24, 2.45) is 5.92 Å². The van der Waals surface area contributed by atoms with Gasteiger partial charge in [0.05, 0.1) is 12.6 Å². The van der Waals surface area contributed by atoms with Gasteiger partial charge in [0.1, 0.15) is 24.4 Å². The molecule has 1 heterocycles. The van der Waals surface area contributed by atoms with Crippen molar-refractivity contribution in [2.45, 2.75) is 134 Å². The van der Waals surface area contributed by atoms with Crippen LogP contribution in [0.4, 0.5) is 4.79 Å². The first-order valence-corrected chi connectivity index (χ1v) is 14.9. The second kappa shape index (κ2) is 20.0. The molecule has 0 aromatic carbocycles. The lowest BCUT2D eigenvalue weighted by molar-refractivity contribution is -0.301. The van der Waals surface area contributed by atoms with Gasteiger partial charge in [-0.15, -0.1) is 0 Å². The third kappa shape index (κ3) is 12.8. The number of nitrogens with zero attached hydrogens (tertiary/aromatic N) is 1. The normalized spacial score (nSPS) is 24.0. The highest BCUT2D eigenvalue weighted by Crippen LogP contribution is 2.22. The lowest BCUT2D eigenvalue weighted by atomic mass is 9.93. The SMILES string of the molecule is CC(CCCCCCCCCCCCCCO[C@@H]1O[C@H](CO)[C@@H](O)[C@H](O)[C@@H]1O)C(=O)C(=O)C(=O)C(C)N(C)C(=O)O. The Morgan fingerprint density at radius 1 is 0.756 bits per heavy atom. The molecule has 0 spiro atoms. The van der Waals surface area contributed by atoms with Gasteiger partial charge in [0.25, 0.3) is 5.78 Å². The summed E-state index contributed by atoms with van der Waals surface area (Å²) in [5.41, 5.74) is 0. The molecule has 41 heavy (non-hydrogen) atoms. The molecule has 7 atom stereocenters. The fourth-order valence-electron chi connectivity index (χ4n) is 4.73. The van der Waals surface area contributed by atoms with E-state index in [1.807, 2.05) is 0 Å². The van der Waals surface area contributed by atoms with Gasteiger partial charge in [-0.25, -0.2) is 4.79 Å². The number of ether oxygens (including phenoxy) is 2. The Balaban J connectivity index is 2.00. The van der Waals surface area contributed by atoms with Crippen LogP contribution in [0.15, 0.2) is 0 Å². The van der Waals surface area contributed by atoms with Gasteiger partial charge in [-0.2, -0.15) is 0 Å². The van der Waals surface area contributed by atoms with Gasteiger partial charge < -0.3 is 39.9 Å². The molecular weight excluding hydrogens is 538 g/mol. The van der Waals surface area contributed by atoms with E-state index in [0.717, 1.165) is 70.6 Å². The van der Waals surface area contributed by atoms with Crippen LogP contribution < -0.4 is 0 Å². The maximum Gasteiger partial charge on any atom is 0.407 e. The van der Waals surface area contributed by atoms with Crippen LogP contribution in [-0.4, -0.2) is 111 Å². The van der Waals surface area contributed by atoms with Gasteiger partial charge in [-0.05, 0) is 19.8 Å². The number of carbonyl (C=O) groups is 4. The van der Waals surface area contributed by atoms with E-state index in [1.54, 1.807) is 6.92 Å².